The molecule has 1 saturated heterocycles. The van der Waals surface area contributed by atoms with Crippen LogP contribution in [0.2, 0.25) is 0 Å². The first-order valence-electron chi connectivity index (χ1n) is 7.78. The molecule has 0 saturated carbocycles. The SMILES string of the molecule is CCc1cc(CN2CCNC(c3ccccc3)C2)n(C)n1. The van der Waals surface area contributed by atoms with Gasteiger partial charge < -0.3 is 5.32 Å². The Balaban J connectivity index is 1.67. The topological polar surface area (TPSA) is 33.1 Å². The predicted octanol–water partition coefficient (Wildman–Crippen LogP) is 2.13. The molecule has 1 aromatic heterocycles. The van der Waals surface area contributed by atoms with Crippen molar-refractivity contribution in [2.24, 2.45) is 7.05 Å². The van der Waals surface area contributed by atoms with E-state index in [1.807, 2.05) is 11.7 Å². The second kappa shape index (κ2) is 6.41. The van der Waals surface area contributed by atoms with E-state index < -0.39 is 0 Å². The average Bonchev–Trinajstić information content (AvgIpc) is 2.89. The van der Waals surface area contributed by atoms with Gasteiger partial charge in [-0.3, -0.25) is 9.58 Å². The van der Waals surface area contributed by atoms with Crippen LogP contribution in [0, 0.1) is 0 Å². The number of nitrogens with zero attached hydrogens (tertiary/aromatic N) is 3. The van der Waals surface area contributed by atoms with Crippen LogP contribution in [0.5, 0.6) is 0 Å². The molecule has 1 aromatic carbocycles. The summed E-state index contributed by atoms with van der Waals surface area (Å²) < 4.78 is 2.03. The summed E-state index contributed by atoms with van der Waals surface area (Å²) in [5, 5.41) is 8.16. The number of benzene rings is 1. The van der Waals surface area contributed by atoms with E-state index in [-0.39, 0.29) is 0 Å². The smallest absolute Gasteiger partial charge is 0.0625 e. The third kappa shape index (κ3) is 3.34. The lowest BCUT2D eigenvalue weighted by Crippen LogP contribution is -2.45. The summed E-state index contributed by atoms with van der Waals surface area (Å²) in [5.74, 6) is 0. The molecule has 4 nitrogen and oxygen atoms in total. The van der Waals surface area contributed by atoms with Gasteiger partial charge in [0.15, 0.2) is 0 Å². The zero-order valence-corrected chi connectivity index (χ0v) is 12.9. The van der Waals surface area contributed by atoms with Crippen LogP contribution in [0.25, 0.3) is 0 Å². The third-order valence-corrected chi connectivity index (χ3v) is 4.24. The van der Waals surface area contributed by atoms with Crippen LogP contribution in [-0.4, -0.2) is 34.3 Å². The summed E-state index contributed by atoms with van der Waals surface area (Å²) in [7, 11) is 2.05. The first-order chi connectivity index (χ1) is 10.3. The molecule has 21 heavy (non-hydrogen) atoms. The van der Waals surface area contributed by atoms with Gasteiger partial charge in [-0.2, -0.15) is 5.10 Å². The second-order valence-corrected chi connectivity index (χ2v) is 5.76. The molecule has 112 valence electrons. The van der Waals surface area contributed by atoms with E-state index in [2.05, 4.69) is 58.6 Å². The number of nitrogens with one attached hydrogen (secondary N) is 1. The first kappa shape index (κ1) is 14.3. The Morgan fingerprint density at radius 1 is 1.29 bits per heavy atom. The van der Waals surface area contributed by atoms with E-state index >= 15 is 0 Å². The lowest BCUT2D eigenvalue weighted by molar-refractivity contribution is 0.189. The highest BCUT2D eigenvalue weighted by atomic mass is 15.3. The maximum atomic E-state index is 4.55. The molecule has 0 radical (unpaired) electrons. The van der Waals surface area contributed by atoms with Crippen LogP contribution in [0.4, 0.5) is 0 Å². The van der Waals surface area contributed by atoms with Gasteiger partial charge in [-0.1, -0.05) is 37.3 Å². The third-order valence-electron chi connectivity index (χ3n) is 4.24. The molecule has 1 unspecified atom stereocenters. The molecule has 1 aliphatic heterocycles. The lowest BCUT2D eigenvalue weighted by atomic mass is 10.0. The summed E-state index contributed by atoms with van der Waals surface area (Å²) in [6, 6.07) is 13.4. The van der Waals surface area contributed by atoms with Gasteiger partial charge >= 0.3 is 0 Å². The Labute approximate surface area is 126 Å². The quantitative estimate of drug-likeness (QED) is 0.933. The van der Waals surface area contributed by atoms with Gasteiger partial charge in [0, 0.05) is 39.3 Å². The Morgan fingerprint density at radius 3 is 2.81 bits per heavy atom. The van der Waals surface area contributed by atoms with Crippen molar-refractivity contribution in [3.63, 3.8) is 0 Å². The van der Waals surface area contributed by atoms with Crippen LogP contribution in [-0.2, 0) is 20.0 Å². The molecule has 4 heteroatoms. The molecular formula is C17H24N4. The van der Waals surface area contributed by atoms with Crippen LogP contribution < -0.4 is 5.32 Å². The van der Waals surface area contributed by atoms with E-state index in [4.69, 9.17) is 0 Å². The fourth-order valence-electron chi connectivity index (χ4n) is 2.98. The summed E-state index contributed by atoms with van der Waals surface area (Å²) >= 11 is 0. The van der Waals surface area contributed by atoms with Crippen LogP contribution in [0.1, 0.15) is 29.9 Å². The summed E-state index contributed by atoms with van der Waals surface area (Å²) in [4.78, 5) is 2.52. The van der Waals surface area contributed by atoms with Gasteiger partial charge in [-0.05, 0) is 18.1 Å². The lowest BCUT2D eigenvalue weighted by Gasteiger charge is -2.33. The Bertz CT molecular complexity index is 576. The highest BCUT2D eigenvalue weighted by Crippen LogP contribution is 2.18. The van der Waals surface area contributed by atoms with Crippen molar-refractivity contribution in [1.29, 1.82) is 0 Å². The molecule has 0 amide bonds. The number of aromatic nitrogens is 2. The normalized spacial score (nSPS) is 19.8. The minimum atomic E-state index is 0.429. The monoisotopic (exact) mass is 284 g/mol. The van der Waals surface area contributed by atoms with Crippen LogP contribution in [0.3, 0.4) is 0 Å². The Morgan fingerprint density at radius 2 is 2.10 bits per heavy atom. The largest absolute Gasteiger partial charge is 0.308 e. The maximum absolute atomic E-state index is 4.55. The fourth-order valence-corrected chi connectivity index (χ4v) is 2.98. The molecule has 1 aliphatic rings. The van der Waals surface area contributed by atoms with Crippen molar-refractivity contribution in [3.8, 4) is 0 Å². The highest BCUT2D eigenvalue weighted by molar-refractivity contribution is 5.20. The zero-order valence-electron chi connectivity index (χ0n) is 12.9. The van der Waals surface area contributed by atoms with Gasteiger partial charge in [0.2, 0.25) is 0 Å². The Kier molecular flexibility index (Phi) is 4.36. The minimum Gasteiger partial charge on any atom is -0.308 e. The number of hydrogen-bond donors (Lipinski definition) is 1. The zero-order chi connectivity index (χ0) is 14.7. The molecule has 1 N–H and O–H groups in total. The first-order valence-corrected chi connectivity index (χ1v) is 7.78. The molecular weight excluding hydrogens is 260 g/mol. The fraction of sp³-hybridized carbons (Fsp3) is 0.471. The molecule has 1 fully saturated rings. The number of aryl methyl sites for hydroxylation is 2. The van der Waals surface area contributed by atoms with Crippen molar-refractivity contribution in [2.75, 3.05) is 19.6 Å². The van der Waals surface area contributed by atoms with E-state index in [0.717, 1.165) is 32.6 Å². The van der Waals surface area contributed by atoms with Crippen molar-refractivity contribution < 1.29 is 0 Å². The number of hydrogen-bond acceptors (Lipinski definition) is 3. The molecule has 0 bridgehead atoms. The number of rotatable bonds is 4. The van der Waals surface area contributed by atoms with Gasteiger partial charge in [0.1, 0.15) is 0 Å². The molecule has 0 spiro atoms. The summed E-state index contributed by atoms with van der Waals surface area (Å²) in [6.07, 6.45) is 1.00. The highest BCUT2D eigenvalue weighted by Gasteiger charge is 2.21. The van der Waals surface area contributed by atoms with Crippen molar-refractivity contribution >= 4 is 0 Å². The van der Waals surface area contributed by atoms with Crippen LogP contribution >= 0.6 is 0 Å². The molecule has 2 aromatic rings. The molecule has 0 aliphatic carbocycles. The Hall–Kier alpha value is -1.65. The van der Waals surface area contributed by atoms with Crippen molar-refractivity contribution in [2.45, 2.75) is 25.9 Å². The summed E-state index contributed by atoms with van der Waals surface area (Å²) in [6.45, 7) is 6.32. The van der Waals surface area contributed by atoms with E-state index in [0.29, 0.717) is 6.04 Å². The minimum absolute atomic E-state index is 0.429. The predicted molar refractivity (Wildman–Crippen MR) is 85.0 cm³/mol. The van der Waals surface area contributed by atoms with Crippen molar-refractivity contribution in [3.05, 3.63) is 53.3 Å². The number of piperazine rings is 1. The standard InChI is InChI=1S/C17H24N4/c1-3-15-11-16(20(2)19-15)12-21-10-9-18-17(13-21)14-7-5-4-6-8-14/h4-8,11,17-18H,3,9-10,12-13H2,1-2H3. The van der Waals surface area contributed by atoms with Crippen molar-refractivity contribution in [1.82, 2.24) is 20.0 Å². The van der Waals surface area contributed by atoms with E-state index in [9.17, 15) is 0 Å². The van der Waals surface area contributed by atoms with E-state index in [1.165, 1.54) is 17.0 Å². The van der Waals surface area contributed by atoms with E-state index in [1.54, 1.807) is 0 Å². The molecule has 3 rings (SSSR count). The molecule has 2 heterocycles. The van der Waals surface area contributed by atoms with Gasteiger partial charge in [-0.25, -0.2) is 0 Å². The van der Waals surface area contributed by atoms with Gasteiger partial charge in [0.05, 0.1) is 11.4 Å². The van der Waals surface area contributed by atoms with Crippen LogP contribution in [0.15, 0.2) is 36.4 Å². The average molecular weight is 284 g/mol. The van der Waals surface area contributed by atoms with Gasteiger partial charge in [0.25, 0.3) is 0 Å². The molecule has 1 atom stereocenters. The van der Waals surface area contributed by atoms with Gasteiger partial charge in [-0.15, -0.1) is 0 Å². The summed E-state index contributed by atoms with van der Waals surface area (Å²) in [5.41, 5.74) is 3.87. The second-order valence-electron chi connectivity index (χ2n) is 5.76. The maximum Gasteiger partial charge on any atom is 0.0625 e.